The molecule has 2 aromatic heterocycles. The minimum absolute atomic E-state index is 0.0546. The van der Waals surface area contributed by atoms with Crippen LogP contribution in [0.2, 0.25) is 0 Å². The van der Waals surface area contributed by atoms with Gasteiger partial charge in [0.2, 0.25) is 5.95 Å². The molecule has 1 aromatic carbocycles. The predicted molar refractivity (Wildman–Crippen MR) is 159 cm³/mol. The Bertz CT molecular complexity index is 1520. The Morgan fingerprint density at radius 1 is 1.05 bits per heavy atom. The summed E-state index contributed by atoms with van der Waals surface area (Å²) >= 11 is 0. The van der Waals surface area contributed by atoms with Gasteiger partial charge in [-0.2, -0.15) is 9.35 Å². The van der Waals surface area contributed by atoms with Gasteiger partial charge in [-0.25, -0.2) is 14.2 Å². The van der Waals surface area contributed by atoms with E-state index >= 15 is 0 Å². The standard InChI is InChI=1S/C29H37N7O3S/c1-28(2)17-23-29(3,19-39-28)22-18-30-27(31-20-9-11-21(12-10-20)35-13-15-38-16-14-35)33-26(22)36(23)25-8-6-7-24(32-25)34-40(4,5)37/h6-12,18,23H,13-17,19H2,1-5H3,(H,30,31,33)/t23-,29-/m1/s1. The van der Waals surface area contributed by atoms with E-state index in [-0.39, 0.29) is 17.1 Å². The molecule has 0 spiro atoms. The number of rotatable bonds is 5. The van der Waals surface area contributed by atoms with Crippen molar-refractivity contribution in [3.05, 3.63) is 54.2 Å². The number of morpholine rings is 1. The molecule has 10 nitrogen and oxygen atoms in total. The number of fused-ring (bicyclic) bond motifs is 3. The zero-order valence-corrected chi connectivity index (χ0v) is 24.6. The maximum Gasteiger partial charge on any atom is 0.229 e. The number of nitrogens with one attached hydrogen (secondary N) is 1. The van der Waals surface area contributed by atoms with Crippen LogP contribution in [0.1, 0.15) is 32.8 Å². The molecule has 11 heteroatoms. The van der Waals surface area contributed by atoms with Crippen LogP contribution in [0.25, 0.3) is 0 Å². The van der Waals surface area contributed by atoms with E-state index in [0.717, 1.165) is 55.6 Å². The second-order valence-electron chi connectivity index (χ2n) is 11.9. The molecule has 2 fully saturated rings. The molecule has 3 aliphatic heterocycles. The molecule has 6 rings (SSSR count). The lowest BCUT2D eigenvalue weighted by Crippen LogP contribution is -2.54. The lowest BCUT2D eigenvalue weighted by atomic mass is 9.73. The van der Waals surface area contributed by atoms with Gasteiger partial charge in [-0.15, -0.1) is 0 Å². The van der Waals surface area contributed by atoms with E-state index in [1.165, 1.54) is 5.69 Å². The number of ether oxygens (including phenoxy) is 2. The summed E-state index contributed by atoms with van der Waals surface area (Å²) in [6.07, 6.45) is 5.93. The molecule has 212 valence electrons. The van der Waals surface area contributed by atoms with Gasteiger partial charge >= 0.3 is 0 Å². The summed E-state index contributed by atoms with van der Waals surface area (Å²) in [5.41, 5.74) is 2.49. The number of benzene rings is 1. The van der Waals surface area contributed by atoms with Gasteiger partial charge < -0.3 is 24.6 Å². The zero-order valence-electron chi connectivity index (χ0n) is 23.8. The number of aromatic nitrogens is 3. The smallest absolute Gasteiger partial charge is 0.229 e. The summed E-state index contributed by atoms with van der Waals surface area (Å²) in [5.74, 6) is 2.48. The molecular formula is C29H37N7O3S. The summed E-state index contributed by atoms with van der Waals surface area (Å²) < 4.78 is 28.6. The van der Waals surface area contributed by atoms with Gasteiger partial charge in [0.25, 0.3) is 0 Å². The van der Waals surface area contributed by atoms with Crippen molar-refractivity contribution in [2.45, 2.75) is 44.2 Å². The molecule has 2 atom stereocenters. The highest BCUT2D eigenvalue weighted by Gasteiger charge is 2.55. The molecule has 0 aliphatic carbocycles. The van der Waals surface area contributed by atoms with E-state index in [1.54, 1.807) is 18.6 Å². The highest BCUT2D eigenvalue weighted by atomic mass is 32.2. The van der Waals surface area contributed by atoms with Crippen LogP contribution < -0.4 is 15.1 Å². The fourth-order valence-corrected chi connectivity index (χ4v) is 6.34. The molecule has 0 amide bonds. The zero-order chi connectivity index (χ0) is 28.1. The van der Waals surface area contributed by atoms with Gasteiger partial charge in [0.15, 0.2) is 5.82 Å². The van der Waals surface area contributed by atoms with Crippen molar-refractivity contribution in [1.82, 2.24) is 15.0 Å². The van der Waals surface area contributed by atoms with Crippen molar-refractivity contribution in [2.24, 2.45) is 4.36 Å². The Hall–Kier alpha value is -3.28. The quantitative estimate of drug-likeness (QED) is 0.469. The summed E-state index contributed by atoms with van der Waals surface area (Å²) in [6, 6.07) is 14.0. The lowest BCUT2D eigenvalue weighted by molar-refractivity contribution is -0.0893. The number of hydrogen-bond donors (Lipinski definition) is 1. The van der Waals surface area contributed by atoms with Crippen molar-refractivity contribution in [3.8, 4) is 0 Å². The lowest BCUT2D eigenvalue weighted by Gasteiger charge is -2.46. The van der Waals surface area contributed by atoms with E-state index in [0.29, 0.717) is 18.4 Å². The average Bonchev–Trinajstić information content (AvgIpc) is 3.15. The van der Waals surface area contributed by atoms with Crippen LogP contribution in [0.4, 0.5) is 34.8 Å². The molecule has 3 aliphatic rings. The monoisotopic (exact) mass is 563 g/mol. The van der Waals surface area contributed by atoms with E-state index in [4.69, 9.17) is 24.4 Å². The third kappa shape index (κ3) is 5.25. The summed E-state index contributed by atoms with van der Waals surface area (Å²) in [4.78, 5) is 19.1. The van der Waals surface area contributed by atoms with Gasteiger partial charge in [0.05, 0.1) is 31.5 Å². The molecule has 40 heavy (non-hydrogen) atoms. The molecule has 0 bridgehead atoms. The third-order valence-corrected chi connectivity index (χ3v) is 8.51. The molecule has 0 radical (unpaired) electrons. The fraction of sp³-hybridized carbons (Fsp3) is 0.483. The minimum Gasteiger partial charge on any atom is -0.378 e. The highest BCUT2D eigenvalue weighted by Crippen LogP contribution is 2.53. The summed E-state index contributed by atoms with van der Waals surface area (Å²) in [7, 11) is -2.35. The van der Waals surface area contributed by atoms with E-state index < -0.39 is 9.73 Å². The van der Waals surface area contributed by atoms with Gasteiger partial charge in [-0.05, 0) is 56.7 Å². The Labute approximate surface area is 236 Å². The van der Waals surface area contributed by atoms with Crippen LogP contribution in [-0.4, -0.2) is 76.2 Å². The largest absolute Gasteiger partial charge is 0.378 e. The van der Waals surface area contributed by atoms with Crippen LogP contribution >= 0.6 is 0 Å². The van der Waals surface area contributed by atoms with Gasteiger partial charge in [-0.3, -0.25) is 0 Å². The first-order chi connectivity index (χ1) is 19.0. The normalized spacial score (nSPS) is 23.9. The highest BCUT2D eigenvalue weighted by molar-refractivity contribution is 7.92. The first-order valence-electron chi connectivity index (χ1n) is 13.7. The van der Waals surface area contributed by atoms with E-state index in [1.807, 2.05) is 18.3 Å². The molecule has 5 heterocycles. The van der Waals surface area contributed by atoms with Crippen LogP contribution in [0.15, 0.2) is 53.0 Å². The van der Waals surface area contributed by atoms with Crippen molar-refractivity contribution in [3.63, 3.8) is 0 Å². The van der Waals surface area contributed by atoms with E-state index in [9.17, 15) is 4.21 Å². The van der Waals surface area contributed by atoms with Crippen LogP contribution in [-0.2, 0) is 24.6 Å². The van der Waals surface area contributed by atoms with Crippen LogP contribution in [0.3, 0.4) is 0 Å². The molecule has 3 aromatic rings. The third-order valence-electron chi connectivity index (χ3n) is 7.89. The minimum atomic E-state index is -2.35. The molecular weight excluding hydrogens is 526 g/mol. The Morgan fingerprint density at radius 3 is 2.52 bits per heavy atom. The van der Waals surface area contributed by atoms with Crippen molar-refractivity contribution >= 4 is 44.5 Å². The SMILES string of the molecule is CC1(C)C[C@H]2N(c3cccc(N=S(C)(C)=O)n3)c3nc(Nc4ccc(N5CCOCC5)cc4)ncc3[C@@]2(C)CO1. The Kier molecular flexibility index (Phi) is 6.71. The first kappa shape index (κ1) is 26.9. The second-order valence-corrected chi connectivity index (χ2v) is 14.4. The number of nitrogens with zero attached hydrogens (tertiary/aromatic N) is 6. The number of pyridine rings is 1. The van der Waals surface area contributed by atoms with E-state index in [2.05, 4.69) is 64.5 Å². The van der Waals surface area contributed by atoms with Gasteiger partial charge in [0, 0.05) is 63.9 Å². The number of anilines is 5. The summed E-state index contributed by atoms with van der Waals surface area (Å²) in [5, 5.41) is 3.39. The van der Waals surface area contributed by atoms with Crippen LogP contribution in [0.5, 0.6) is 0 Å². The Balaban J connectivity index is 1.36. The van der Waals surface area contributed by atoms with Crippen molar-refractivity contribution in [1.29, 1.82) is 0 Å². The van der Waals surface area contributed by atoms with Gasteiger partial charge in [-0.1, -0.05) is 13.0 Å². The molecule has 2 saturated heterocycles. The maximum atomic E-state index is 12.4. The average molecular weight is 564 g/mol. The fourth-order valence-electron chi connectivity index (χ4n) is 5.79. The molecule has 0 unspecified atom stereocenters. The molecule has 1 N–H and O–H groups in total. The topological polar surface area (TPSA) is 105 Å². The molecule has 0 saturated carbocycles. The van der Waals surface area contributed by atoms with Crippen molar-refractivity contribution in [2.75, 3.05) is 60.5 Å². The van der Waals surface area contributed by atoms with Crippen LogP contribution in [0, 0.1) is 0 Å². The first-order valence-corrected chi connectivity index (χ1v) is 16.0. The van der Waals surface area contributed by atoms with Gasteiger partial charge in [0.1, 0.15) is 11.6 Å². The summed E-state index contributed by atoms with van der Waals surface area (Å²) in [6.45, 7) is 10.3. The predicted octanol–water partition coefficient (Wildman–Crippen LogP) is 4.79. The van der Waals surface area contributed by atoms with Crippen molar-refractivity contribution < 1.29 is 13.7 Å². The number of hydrogen-bond acceptors (Lipinski definition) is 10. The Morgan fingerprint density at radius 2 is 1.80 bits per heavy atom. The second kappa shape index (κ2) is 9.97. The maximum absolute atomic E-state index is 12.4.